The van der Waals surface area contributed by atoms with Gasteiger partial charge in [-0.3, -0.25) is 4.98 Å². The summed E-state index contributed by atoms with van der Waals surface area (Å²) in [6, 6.07) is 15.4. The van der Waals surface area contributed by atoms with Gasteiger partial charge in [-0.2, -0.15) is 5.26 Å². The maximum Gasteiger partial charge on any atom is 0.0937 e. The summed E-state index contributed by atoms with van der Waals surface area (Å²) < 4.78 is 7.93. The summed E-state index contributed by atoms with van der Waals surface area (Å²) >= 11 is 0. The molecule has 5 rings (SSSR count). The summed E-state index contributed by atoms with van der Waals surface area (Å²) in [4.78, 5) is 4.45. The van der Waals surface area contributed by atoms with E-state index in [0.717, 1.165) is 55.1 Å². The molecule has 3 heterocycles. The molecule has 0 spiro atoms. The lowest BCUT2D eigenvalue weighted by Crippen LogP contribution is -2.16. The van der Waals surface area contributed by atoms with Crippen molar-refractivity contribution in [3.63, 3.8) is 0 Å². The first kappa shape index (κ1) is 24.4. The van der Waals surface area contributed by atoms with Gasteiger partial charge in [0.2, 0.25) is 0 Å². The Balaban J connectivity index is 1.27. The highest BCUT2D eigenvalue weighted by Crippen LogP contribution is 2.33. The van der Waals surface area contributed by atoms with Gasteiger partial charge < -0.3 is 14.6 Å². The Bertz CT molecular complexity index is 1290. The number of nitrogens with one attached hydrogen (secondary N) is 1. The fraction of sp³-hybridized carbons (Fsp3) is 0.484. The van der Waals surface area contributed by atoms with Crippen LogP contribution in [0, 0.1) is 35.0 Å². The Hall–Kier alpha value is -3.28. The summed E-state index contributed by atoms with van der Waals surface area (Å²) in [5.41, 5.74) is 4.93. The van der Waals surface area contributed by atoms with E-state index in [-0.39, 0.29) is 0 Å². The molecule has 2 aliphatic rings. The number of rotatable bonds is 8. The zero-order valence-corrected chi connectivity index (χ0v) is 21.5. The molecule has 3 aromatic rings. The second kappa shape index (κ2) is 10.8. The maximum atomic E-state index is 9.30. The van der Waals surface area contributed by atoms with Crippen LogP contribution in [0.4, 0.5) is 5.69 Å². The van der Waals surface area contributed by atoms with Crippen LogP contribution in [0.3, 0.4) is 0 Å². The molecule has 1 aliphatic carbocycles. The topological polar surface area (TPSA) is 62.9 Å². The van der Waals surface area contributed by atoms with Crippen LogP contribution in [0.5, 0.6) is 0 Å². The molecule has 1 N–H and O–H groups in total. The maximum absolute atomic E-state index is 9.30. The highest BCUT2D eigenvalue weighted by atomic mass is 16.5. The number of nitrogens with zero attached hydrogens (tertiary/aromatic N) is 3. The highest BCUT2D eigenvalue weighted by Gasteiger charge is 2.24. The van der Waals surface area contributed by atoms with E-state index in [1.165, 1.54) is 48.6 Å². The minimum Gasteiger partial charge on any atom is -0.381 e. The Morgan fingerprint density at radius 3 is 2.64 bits per heavy atom. The third-order valence-corrected chi connectivity index (χ3v) is 7.57. The second-order valence-corrected chi connectivity index (χ2v) is 10.9. The first-order chi connectivity index (χ1) is 17.5. The van der Waals surface area contributed by atoms with Crippen molar-refractivity contribution in [1.82, 2.24) is 9.55 Å². The molecule has 1 aliphatic heterocycles. The van der Waals surface area contributed by atoms with E-state index >= 15 is 0 Å². The van der Waals surface area contributed by atoms with Crippen molar-refractivity contribution in [2.45, 2.75) is 64.3 Å². The van der Waals surface area contributed by atoms with Crippen LogP contribution in [0.25, 0.3) is 10.9 Å². The predicted molar refractivity (Wildman–Crippen MR) is 145 cm³/mol. The van der Waals surface area contributed by atoms with Gasteiger partial charge in [-0.15, -0.1) is 0 Å². The molecule has 2 aromatic heterocycles. The number of aromatic nitrogens is 2. The van der Waals surface area contributed by atoms with Crippen molar-refractivity contribution in [3.8, 4) is 17.9 Å². The van der Waals surface area contributed by atoms with E-state index in [1.807, 2.05) is 26.0 Å². The van der Waals surface area contributed by atoms with E-state index in [0.29, 0.717) is 6.54 Å². The van der Waals surface area contributed by atoms with Crippen molar-refractivity contribution in [2.75, 3.05) is 25.1 Å². The van der Waals surface area contributed by atoms with Crippen LogP contribution in [0.1, 0.15) is 62.9 Å². The third-order valence-electron chi connectivity index (χ3n) is 7.57. The molecule has 0 radical (unpaired) electrons. The Morgan fingerprint density at radius 1 is 1.08 bits per heavy atom. The Labute approximate surface area is 214 Å². The zero-order chi connectivity index (χ0) is 25.0. The van der Waals surface area contributed by atoms with Gasteiger partial charge in [0.15, 0.2) is 0 Å². The molecular weight excluding hydrogens is 444 g/mol. The summed E-state index contributed by atoms with van der Waals surface area (Å²) in [5, 5.41) is 13.9. The molecule has 186 valence electrons. The van der Waals surface area contributed by atoms with Gasteiger partial charge in [0.1, 0.15) is 0 Å². The first-order valence-electron chi connectivity index (χ1n) is 13.3. The fourth-order valence-electron chi connectivity index (χ4n) is 4.95. The molecule has 0 bridgehead atoms. The monoisotopic (exact) mass is 480 g/mol. The normalized spacial score (nSPS) is 16.4. The van der Waals surface area contributed by atoms with Gasteiger partial charge in [0, 0.05) is 30.7 Å². The number of hydrogen-bond donors (Lipinski definition) is 1. The van der Waals surface area contributed by atoms with Crippen LogP contribution in [0.2, 0.25) is 0 Å². The minimum atomic E-state index is -0.585. The first-order valence-corrected chi connectivity index (χ1v) is 13.3. The van der Waals surface area contributed by atoms with Gasteiger partial charge in [0.25, 0.3) is 0 Å². The van der Waals surface area contributed by atoms with Gasteiger partial charge in [-0.1, -0.05) is 12.0 Å². The lowest BCUT2D eigenvalue weighted by molar-refractivity contribution is 0.0640. The van der Waals surface area contributed by atoms with Crippen LogP contribution in [-0.4, -0.2) is 29.3 Å². The van der Waals surface area contributed by atoms with Crippen molar-refractivity contribution < 1.29 is 4.74 Å². The lowest BCUT2D eigenvalue weighted by Gasteiger charge is -2.21. The van der Waals surface area contributed by atoms with Crippen molar-refractivity contribution >= 4 is 16.6 Å². The fourth-order valence-corrected chi connectivity index (χ4v) is 4.95. The van der Waals surface area contributed by atoms with E-state index < -0.39 is 5.41 Å². The van der Waals surface area contributed by atoms with Gasteiger partial charge in [-0.25, -0.2) is 0 Å². The quantitative estimate of drug-likeness (QED) is 0.398. The lowest BCUT2D eigenvalue weighted by atomic mass is 9.91. The van der Waals surface area contributed by atoms with Crippen LogP contribution >= 0.6 is 0 Å². The molecule has 0 atom stereocenters. The molecule has 1 saturated heterocycles. The number of benzene rings is 1. The van der Waals surface area contributed by atoms with Gasteiger partial charge >= 0.3 is 0 Å². The third kappa shape index (κ3) is 5.92. The number of anilines is 1. The number of hydrogen-bond acceptors (Lipinski definition) is 4. The molecule has 0 unspecified atom stereocenters. The predicted octanol–water partition coefficient (Wildman–Crippen LogP) is 6.07. The van der Waals surface area contributed by atoms with Crippen LogP contribution < -0.4 is 5.32 Å². The number of fused-ring (bicyclic) bond motifs is 1. The summed E-state index contributed by atoms with van der Waals surface area (Å²) in [7, 11) is 0. The molecule has 5 nitrogen and oxygen atoms in total. The van der Waals surface area contributed by atoms with Gasteiger partial charge in [0.05, 0.1) is 41.3 Å². The molecule has 1 saturated carbocycles. The van der Waals surface area contributed by atoms with Crippen molar-refractivity contribution in [2.24, 2.45) is 11.8 Å². The number of nitriles is 1. The smallest absolute Gasteiger partial charge is 0.0937 e. The zero-order valence-electron chi connectivity index (χ0n) is 21.5. The minimum absolute atomic E-state index is 0.546. The number of aryl methyl sites for hydroxylation is 1. The second-order valence-electron chi connectivity index (χ2n) is 10.9. The number of ether oxygens (including phenoxy) is 1. The molecule has 0 amide bonds. The van der Waals surface area contributed by atoms with Crippen molar-refractivity contribution in [3.05, 3.63) is 59.5 Å². The highest BCUT2D eigenvalue weighted by molar-refractivity contribution is 5.83. The molecule has 5 heteroatoms. The molecule has 36 heavy (non-hydrogen) atoms. The van der Waals surface area contributed by atoms with E-state index in [1.54, 1.807) is 6.20 Å². The van der Waals surface area contributed by atoms with E-state index in [9.17, 15) is 5.26 Å². The van der Waals surface area contributed by atoms with E-state index in [2.05, 4.69) is 57.0 Å². The average Bonchev–Trinajstić information content (AvgIpc) is 3.67. The standard InChI is InChI=1S/C31H36N4O/c1-31(2,22-32)30-12-10-27(20-34-30)33-15-3-4-28-19-26-18-24(6-5-23-13-16-36-17-14-23)9-11-29(26)35(28)21-25-7-8-25/h9-12,18-20,23,25,33H,5-8,13-17,21H2,1-2H3. The van der Waals surface area contributed by atoms with E-state index in [4.69, 9.17) is 4.74 Å². The summed E-state index contributed by atoms with van der Waals surface area (Å²) in [6.07, 6.45) is 9.21. The molecule has 1 aromatic carbocycles. The molecule has 2 fully saturated rings. The van der Waals surface area contributed by atoms with Crippen LogP contribution in [-0.2, 0) is 23.1 Å². The Morgan fingerprint density at radius 2 is 1.92 bits per heavy atom. The number of pyridine rings is 1. The average molecular weight is 481 g/mol. The van der Waals surface area contributed by atoms with Gasteiger partial charge in [-0.05, 0) is 106 Å². The summed E-state index contributed by atoms with van der Waals surface area (Å²) in [6.45, 7) is 7.21. The Kier molecular flexibility index (Phi) is 7.30. The van der Waals surface area contributed by atoms with Crippen LogP contribution in [0.15, 0.2) is 42.6 Å². The largest absolute Gasteiger partial charge is 0.381 e. The molecular formula is C31H36N4O. The van der Waals surface area contributed by atoms with Crippen molar-refractivity contribution in [1.29, 1.82) is 5.26 Å². The summed E-state index contributed by atoms with van der Waals surface area (Å²) in [5.74, 6) is 8.32. The SMILES string of the molecule is CC(C)(C#N)c1ccc(NCC#Cc2cc3cc(CCC4CCOCC4)ccc3n2CC2CC2)cn1.